The van der Waals surface area contributed by atoms with Crippen molar-refractivity contribution in [1.29, 1.82) is 0 Å². The molecule has 13 heteroatoms. The van der Waals surface area contributed by atoms with E-state index >= 15 is 0 Å². The van der Waals surface area contributed by atoms with Crippen molar-refractivity contribution in [2.45, 2.75) is 0 Å². The van der Waals surface area contributed by atoms with Gasteiger partial charge in [-0.15, -0.1) is 0 Å². The van der Waals surface area contributed by atoms with E-state index in [0.29, 0.717) is 0 Å². The van der Waals surface area contributed by atoms with Crippen LogP contribution in [0.15, 0.2) is 0 Å². The summed E-state index contributed by atoms with van der Waals surface area (Å²) in [7, 11) is 0. The van der Waals surface area contributed by atoms with Crippen molar-refractivity contribution in [3.8, 4) is 0 Å². The average Bonchev–Trinajstić information content (AvgIpc) is 2.23. The van der Waals surface area contributed by atoms with E-state index in [1.165, 1.54) is 0 Å². The Balaban J connectivity index is -0.0000000180. The second-order valence-electron chi connectivity index (χ2n) is 0.548. The second-order valence-corrected chi connectivity index (χ2v) is 4.93. The SMILES string of the molecule is S=[C-]S.S=[C-]S.S=[C-]S.S=[C-]S.S=[C-]S.S=[C-]S.[Mo]. The molecule has 0 aromatic carbocycles. The number of thiol groups is 6. The Kier molecular flexibility index (Phi) is 230. The maximum absolute atomic E-state index is 4.01. The molecule has 0 aliphatic heterocycles. The zero-order valence-corrected chi connectivity index (χ0v) is 20.8. The van der Waals surface area contributed by atoms with Gasteiger partial charge in [-0.05, 0) is 0 Å². The minimum absolute atomic E-state index is 0. The van der Waals surface area contributed by atoms with Crippen molar-refractivity contribution in [3.63, 3.8) is 0 Å². The van der Waals surface area contributed by atoms with Gasteiger partial charge in [0.1, 0.15) is 0 Å². The molecule has 0 saturated heterocycles. The third-order valence-corrected chi connectivity index (χ3v) is 0. The summed E-state index contributed by atoms with van der Waals surface area (Å²) in [6, 6.07) is 0. The molecule has 0 bridgehead atoms. The molecule has 0 spiro atoms. The van der Waals surface area contributed by atoms with Crippen molar-refractivity contribution in [3.05, 3.63) is 0 Å². The molecule has 0 aromatic heterocycles. The summed E-state index contributed by atoms with van der Waals surface area (Å²) in [5.74, 6) is 0. The summed E-state index contributed by atoms with van der Waals surface area (Å²) in [5, 5.41) is 0. The summed E-state index contributed by atoms with van der Waals surface area (Å²) in [6.45, 7) is 0. The van der Waals surface area contributed by atoms with Gasteiger partial charge in [0.05, 0.1) is 0 Å². The molecular weight excluding hydrogens is 553 g/mol. The Morgan fingerprint density at radius 2 is 0.368 bits per heavy atom. The molecule has 0 amide bonds. The van der Waals surface area contributed by atoms with Crippen LogP contribution in [0.5, 0.6) is 0 Å². The summed E-state index contributed by atoms with van der Waals surface area (Å²) in [4.78, 5) is 0. The summed E-state index contributed by atoms with van der Waals surface area (Å²) < 4.78 is 12.2. The summed E-state index contributed by atoms with van der Waals surface area (Å²) in [6.07, 6.45) is 0. The maximum Gasteiger partial charge on any atom is 0 e. The Bertz CT molecular complexity index is 114. The van der Waals surface area contributed by atoms with E-state index in [0.717, 1.165) is 0 Å². The van der Waals surface area contributed by atoms with Crippen LogP contribution < -0.4 is 0 Å². The fourth-order valence-corrected chi connectivity index (χ4v) is 0. The van der Waals surface area contributed by atoms with Crippen molar-refractivity contribution in [2.24, 2.45) is 0 Å². The number of hydrogen-bond acceptors (Lipinski definition) is 6. The molecule has 0 radical (unpaired) electrons. The van der Waals surface area contributed by atoms with Crippen LogP contribution in [-0.4, -0.2) is 28.2 Å². The molecule has 0 N–H and O–H groups in total. The van der Waals surface area contributed by atoms with Gasteiger partial charge in [-0.3, -0.25) is 0 Å². The van der Waals surface area contributed by atoms with Gasteiger partial charge in [-0.1, -0.05) is 0 Å². The predicted molar refractivity (Wildman–Crippen MR) is 130 cm³/mol. The van der Waals surface area contributed by atoms with E-state index in [-0.39, 0.29) is 21.1 Å². The fraction of sp³-hybridized carbons (Fsp3) is 0. The number of hydrogen-bond donors (Lipinski definition) is 6. The Morgan fingerprint density at radius 1 is 0.368 bits per heavy atom. The molecular formula is C6H6MoS12-6. The van der Waals surface area contributed by atoms with Gasteiger partial charge < -0.3 is 177 Å². The van der Waals surface area contributed by atoms with Crippen molar-refractivity contribution >= 4 is 177 Å². The summed E-state index contributed by atoms with van der Waals surface area (Å²) in [5.41, 5.74) is 0. The standard InChI is InChI=1S/6CHS2.Mo/c6*2-1-3;/h6*(H,2,3);/q6*-1;. The molecule has 0 fully saturated rings. The number of thiocarbonyl (C=S) groups is 6. The van der Waals surface area contributed by atoms with Gasteiger partial charge in [0.15, 0.2) is 0 Å². The Morgan fingerprint density at radius 3 is 0.368 bits per heavy atom. The van der Waals surface area contributed by atoms with Crippen LogP contribution in [0.25, 0.3) is 0 Å². The molecule has 19 heavy (non-hydrogen) atoms. The van der Waals surface area contributed by atoms with Crippen molar-refractivity contribution in [2.75, 3.05) is 0 Å². The smallest absolute Gasteiger partial charge is 0 e. The molecule has 0 unspecified atom stereocenters. The Hall–Kier alpha value is 3.33. The molecule has 0 atom stereocenters. The monoisotopic (exact) mass is 560 g/mol. The molecule has 0 nitrogen and oxygen atoms in total. The number of rotatable bonds is 0. The van der Waals surface area contributed by atoms with Gasteiger partial charge in [0, 0.05) is 21.1 Å². The normalized spacial score (nSPS) is 4.11. The first-order chi connectivity index (χ1) is 8.49. The van der Waals surface area contributed by atoms with Crippen LogP contribution in [0.3, 0.4) is 0 Å². The third kappa shape index (κ3) is 719. The van der Waals surface area contributed by atoms with Crippen LogP contribution in [0, 0.1) is 0 Å². The maximum atomic E-state index is 4.01. The minimum Gasteiger partial charge on any atom is -0.364 e. The van der Waals surface area contributed by atoms with Crippen LogP contribution in [0.4, 0.5) is 0 Å². The van der Waals surface area contributed by atoms with E-state index in [2.05, 4.69) is 149 Å². The fourth-order valence-electron chi connectivity index (χ4n) is 0. The first kappa shape index (κ1) is 43.2. The van der Waals surface area contributed by atoms with Crippen molar-refractivity contribution in [1.82, 2.24) is 0 Å². The Labute approximate surface area is 195 Å². The van der Waals surface area contributed by atoms with Gasteiger partial charge in [0.25, 0.3) is 0 Å². The molecule has 0 aliphatic rings. The van der Waals surface area contributed by atoms with E-state index in [9.17, 15) is 0 Å². The third-order valence-electron chi connectivity index (χ3n) is 0. The zero-order valence-electron chi connectivity index (χ0n) is 8.54. The van der Waals surface area contributed by atoms with Crippen LogP contribution in [0.1, 0.15) is 0 Å². The topological polar surface area (TPSA) is 0 Å². The van der Waals surface area contributed by atoms with E-state index in [1.54, 1.807) is 0 Å². The predicted octanol–water partition coefficient (Wildman–Crippen LogP) is 4.50. The molecule has 114 valence electrons. The van der Waals surface area contributed by atoms with Gasteiger partial charge >= 0.3 is 0 Å². The van der Waals surface area contributed by atoms with Crippen molar-refractivity contribution < 1.29 is 21.1 Å². The second kappa shape index (κ2) is 101. The quantitative estimate of drug-likeness (QED) is 0.111. The van der Waals surface area contributed by atoms with Gasteiger partial charge in [0.2, 0.25) is 0 Å². The van der Waals surface area contributed by atoms with E-state index in [1.807, 2.05) is 28.2 Å². The van der Waals surface area contributed by atoms with E-state index in [4.69, 9.17) is 0 Å². The average molecular weight is 559 g/mol. The zero-order chi connectivity index (χ0) is 16.2. The first-order valence-corrected chi connectivity index (χ1v) is 7.70. The molecule has 0 heterocycles. The van der Waals surface area contributed by atoms with Crippen LogP contribution in [0.2, 0.25) is 0 Å². The summed E-state index contributed by atoms with van der Waals surface area (Å²) >= 11 is 44.2. The van der Waals surface area contributed by atoms with Crippen LogP contribution in [-0.2, 0) is 21.1 Å². The minimum atomic E-state index is 0. The van der Waals surface area contributed by atoms with Gasteiger partial charge in [-0.2, -0.15) is 0 Å². The molecule has 0 rings (SSSR count). The van der Waals surface area contributed by atoms with E-state index < -0.39 is 0 Å². The first-order valence-electron chi connectivity index (χ1n) is 2.57. The molecule has 0 aromatic rings. The largest absolute Gasteiger partial charge is 0.364 e. The molecule has 0 aliphatic carbocycles. The van der Waals surface area contributed by atoms with Crippen LogP contribution >= 0.6 is 149 Å². The van der Waals surface area contributed by atoms with Gasteiger partial charge in [-0.25, -0.2) is 0 Å². The molecule has 0 saturated carbocycles.